The third kappa shape index (κ3) is 8.24. The van der Waals surface area contributed by atoms with Crippen molar-refractivity contribution >= 4 is 53.4 Å². The first-order valence-electron chi connectivity index (χ1n) is 9.19. The smallest absolute Gasteiger partial charge is 0.326 e. The van der Waals surface area contributed by atoms with E-state index in [1.54, 1.807) is 0 Å². The van der Waals surface area contributed by atoms with Gasteiger partial charge in [0.05, 0.1) is 27.2 Å². The summed E-state index contributed by atoms with van der Waals surface area (Å²) in [5.41, 5.74) is -1.41. The number of non-ortho nitro benzene ring substituents is 1. The molecule has 0 aromatic heterocycles. The van der Waals surface area contributed by atoms with Crippen LogP contribution in [0, 0.1) is 27.2 Å². The van der Waals surface area contributed by atoms with Crippen molar-refractivity contribution < 1.29 is 39.2 Å². The molecule has 0 saturated carbocycles. The Morgan fingerprint density at radius 2 is 1.73 bits per heavy atom. The maximum Gasteiger partial charge on any atom is 0.326 e. The summed E-state index contributed by atoms with van der Waals surface area (Å²) >= 11 is 3.91. The van der Waals surface area contributed by atoms with Gasteiger partial charge in [-0.05, 0) is 13.3 Å². The molecule has 0 bridgehead atoms. The molecule has 0 saturated heterocycles. The van der Waals surface area contributed by atoms with Crippen LogP contribution in [0.25, 0.3) is 0 Å². The van der Waals surface area contributed by atoms with E-state index in [0.29, 0.717) is 0 Å². The topological polar surface area (TPSA) is 231 Å². The van der Waals surface area contributed by atoms with Gasteiger partial charge in [0.15, 0.2) is 0 Å². The lowest BCUT2D eigenvalue weighted by atomic mass is 10.1. The van der Waals surface area contributed by atoms with Crippen LogP contribution in [0.15, 0.2) is 12.1 Å². The molecule has 0 aliphatic heterocycles. The third-order valence-corrected chi connectivity index (χ3v) is 4.67. The molecule has 0 heterocycles. The van der Waals surface area contributed by atoms with Gasteiger partial charge in [-0.1, -0.05) is 0 Å². The second kappa shape index (κ2) is 12.2. The Kier molecular flexibility index (Phi) is 10.00. The van der Waals surface area contributed by atoms with Gasteiger partial charge in [0, 0.05) is 18.2 Å². The summed E-state index contributed by atoms with van der Waals surface area (Å²) in [6.07, 6.45) is -0.746. The number of carbonyl (C=O) groups excluding carboxylic acids is 2. The van der Waals surface area contributed by atoms with Gasteiger partial charge in [0.2, 0.25) is 11.8 Å². The molecule has 5 N–H and O–H groups in total. The van der Waals surface area contributed by atoms with Crippen molar-refractivity contribution in [3.8, 4) is 0 Å². The highest BCUT2D eigenvalue weighted by molar-refractivity contribution is 7.80. The lowest BCUT2D eigenvalue weighted by Crippen LogP contribution is -2.49. The third-order valence-electron chi connectivity index (χ3n) is 4.31. The predicted octanol–water partition coefficient (Wildman–Crippen LogP) is 0.0721. The second-order valence-corrected chi connectivity index (χ2v) is 7.00. The van der Waals surface area contributed by atoms with Crippen LogP contribution in [-0.4, -0.2) is 68.2 Å². The molecule has 33 heavy (non-hydrogen) atoms. The molecule has 180 valence electrons. The SMILES string of the molecule is Cc1c(N[C@@H](CCC(=O)N[C@@H](CS)C(=O)NCC(=O)O)C(=O)O)cc([N+](=O)[O-])cc1[N+](=O)[O-]. The van der Waals surface area contributed by atoms with Crippen LogP contribution in [0.3, 0.4) is 0 Å². The number of anilines is 1. The minimum absolute atomic E-state index is 0.0356. The average Bonchev–Trinajstić information content (AvgIpc) is 2.73. The second-order valence-electron chi connectivity index (χ2n) is 6.64. The van der Waals surface area contributed by atoms with Gasteiger partial charge >= 0.3 is 11.9 Å². The number of nitrogens with zero attached hydrogens (tertiary/aromatic N) is 2. The van der Waals surface area contributed by atoms with E-state index in [1.165, 1.54) is 6.92 Å². The Morgan fingerprint density at radius 1 is 1.09 bits per heavy atom. The van der Waals surface area contributed by atoms with E-state index in [4.69, 9.17) is 5.11 Å². The number of aliphatic carboxylic acids is 2. The molecule has 0 spiro atoms. The van der Waals surface area contributed by atoms with Crippen LogP contribution < -0.4 is 16.0 Å². The Morgan fingerprint density at radius 3 is 2.21 bits per heavy atom. The maximum absolute atomic E-state index is 12.1. The van der Waals surface area contributed by atoms with Gasteiger partial charge < -0.3 is 26.2 Å². The monoisotopic (exact) mass is 487 g/mol. The molecule has 2 atom stereocenters. The zero-order valence-corrected chi connectivity index (χ0v) is 18.0. The number of thiol groups is 1. The van der Waals surface area contributed by atoms with Gasteiger partial charge in [-0.25, -0.2) is 4.79 Å². The number of nitro benzene ring substituents is 2. The summed E-state index contributed by atoms with van der Waals surface area (Å²) in [6, 6.07) is -0.928. The van der Waals surface area contributed by atoms with Crippen LogP contribution in [0.4, 0.5) is 17.1 Å². The highest BCUT2D eigenvalue weighted by Crippen LogP contribution is 2.32. The van der Waals surface area contributed by atoms with Crippen LogP contribution in [0.5, 0.6) is 0 Å². The van der Waals surface area contributed by atoms with E-state index in [1.807, 2.05) is 0 Å². The zero-order chi connectivity index (χ0) is 25.3. The molecule has 2 amide bonds. The maximum atomic E-state index is 12.1. The van der Waals surface area contributed by atoms with Gasteiger partial charge in [0.1, 0.15) is 18.6 Å². The highest BCUT2D eigenvalue weighted by Gasteiger charge is 2.26. The molecule has 15 nitrogen and oxygen atoms in total. The van der Waals surface area contributed by atoms with E-state index in [0.717, 1.165) is 12.1 Å². The van der Waals surface area contributed by atoms with Crippen LogP contribution >= 0.6 is 12.6 Å². The lowest BCUT2D eigenvalue weighted by molar-refractivity contribution is -0.394. The summed E-state index contributed by atoms with van der Waals surface area (Å²) < 4.78 is 0. The molecule has 0 fully saturated rings. The Hall–Kier alpha value is -3.95. The number of carboxylic acids is 2. The minimum Gasteiger partial charge on any atom is -0.480 e. The van der Waals surface area contributed by atoms with Crippen LogP contribution in [0.1, 0.15) is 18.4 Å². The van der Waals surface area contributed by atoms with Crippen molar-refractivity contribution in [3.05, 3.63) is 37.9 Å². The average molecular weight is 487 g/mol. The van der Waals surface area contributed by atoms with Crippen molar-refractivity contribution in [2.24, 2.45) is 0 Å². The van der Waals surface area contributed by atoms with Crippen LogP contribution in [0.2, 0.25) is 0 Å². The number of benzene rings is 1. The summed E-state index contributed by atoms with van der Waals surface area (Å²) in [4.78, 5) is 66.6. The lowest BCUT2D eigenvalue weighted by Gasteiger charge is -2.19. The van der Waals surface area contributed by atoms with E-state index < -0.39 is 70.0 Å². The molecule has 0 aliphatic rings. The first kappa shape index (κ1) is 27.1. The van der Waals surface area contributed by atoms with Gasteiger partial charge in [-0.2, -0.15) is 12.6 Å². The van der Waals surface area contributed by atoms with E-state index in [9.17, 15) is 44.5 Å². The molecule has 16 heteroatoms. The number of carbonyl (C=O) groups is 4. The number of hydrogen-bond donors (Lipinski definition) is 6. The molecule has 1 aromatic carbocycles. The summed E-state index contributed by atoms with van der Waals surface area (Å²) in [7, 11) is 0. The normalized spacial score (nSPS) is 12.2. The molecular formula is C17H21N5O10S. The largest absolute Gasteiger partial charge is 0.480 e. The molecule has 1 aromatic rings. The standard InChI is InChI=1S/C17H21N5O10S/c1-8-11(4-9(21(29)30)5-13(8)22(31)32)19-10(17(27)28)2-3-14(23)20-12(7-33)16(26)18-6-15(24)25/h4-5,10,12,19,33H,2-3,6-7H2,1H3,(H,18,26)(H,20,23)(H,24,25)(H,27,28)/t10-,12-/m0/s1. The number of nitro groups is 2. The van der Waals surface area contributed by atoms with Crippen molar-refractivity contribution in [1.82, 2.24) is 10.6 Å². The van der Waals surface area contributed by atoms with E-state index in [-0.39, 0.29) is 23.4 Å². The summed E-state index contributed by atoms with van der Waals surface area (Å²) in [6.45, 7) is 0.613. The highest BCUT2D eigenvalue weighted by atomic mass is 32.1. The van der Waals surface area contributed by atoms with Crippen LogP contribution in [-0.2, 0) is 19.2 Å². The van der Waals surface area contributed by atoms with Gasteiger partial charge in [-0.3, -0.25) is 34.6 Å². The quantitative estimate of drug-likeness (QED) is 0.124. The summed E-state index contributed by atoms with van der Waals surface area (Å²) in [5, 5.41) is 47.1. The predicted molar refractivity (Wildman–Crippen MR) is 115 cm³/mol. The van der Waals surface area contributed by atoms with Crippen molar-refractivity contribution in [1.29, 1.82) is 0 Å². The Labute approximate surface area is 191 Å². The molecule has 0 radical (unpaired) electrons. The fraction of sp³-hybridized carbons (Fsp3) is 0.412. The molecule has 0 aliphatic carbocycles. The van der Waals surface area contributed by atoms with Crippen molar-refractivity contribution in [2.75, 3.05) is 17.6 Å². The molecule has 0 unspecified atom stereocenters. The Bertz CT molecular complexity index is 970. The first-order valence-corrected chi connectivity index (χ1v) is 9.83. The number of hydrogen-bond acceptors (Lipinski definition) is 10. The van der Waals surface area contributed by atoms with Crippen molar-refractivity contribution in [2.45, 2.75) is 31.8 Å². The minimum atomic E-state index is -1.45. The fourth-order valence-corrected chi connectivity index (χ4v) is 2.85. The molecule has 1 rings (SSSR count). The Balaban J connectivity index is 2.92. The van der Waals surface area contributed by atoms with Gasteiger partial charge in [-0.15, -0.1) is 0 Å². The number of carboxylic acid groups (broad SMARTS) is 2. The van der Waals surface area contributed by atoms with E-state index >= 15 is 0 Å². The molecular weight excluding hydrogens is 466 g/mol. The fourth-order valence-electron chi connectivity index (χ4n) is 2.60. The van der Waals surface area contributed by atoms with E-state index in [2.05, 4.69) is 28.6 Å². The van der Waals surface area contributed by atoms with Gasteiger partial charge in [0.25, 0.3) is 11.4 Å². The summed E-state index contributed by atoms with van der Waals surface area (Å²) in [5.74, 6) is -4.42. The van der Waals surface area contributed by atoms with Crippen molar-refractivity contribution in [3.63, 3.8) is 0 Å². The number of rotatable bonds is 13. The first-order chi connectivity index (χ1) is 15.4. The number of amides is 2. The zero-order valence-electron chi connectivity index (χ0n) is 17.1. The number of nitrogens with one attached hydrogen (secondary N) is 3.